The Morgan fingerprint density at radius 2 is 2.00 bits per heavy atom. The summed E-state index contributed by atoms with van der Waals surface area (Å²) in [6.45, 7) is 4.87. The van der Waals surface area contributed by atoms with Gasteiger partial charge >= 0.3 is 10.2 Å². The molecule has 88 valence electrons. The Balaban J connectivity index is 2.08. The number of rotatable bonds is 2. The van der Waals surface area contributed by atoms with Crippen LogP contribution in [0.3, 0.4) is 0 Å². The van der Waals surface area contributed by atoms with Crippen molar-refractivity contribution in [2.75, 3.05) is 12.4 Å². The minimum absolute atomic E-state index is 0.0668. The Labute approximate surface area is 90.2 Å². The third-order valence-corrected chi connectivity index (χ3v) is 4.31. The SMILES string of the molecule is CC1(C)CC2(CCOC2CS(=O)(=O)F)C1. The molecule has 1 saturated carbocycles. The Morgan fingerprint density at radius 1 is 1.40 bits per heavy atom. The van der Waals surface area contributed by atoms with E-state index in [4.69, 9.17) is 4.74 Å². The molecule has 0 N–H and O–H groups in total. The Morgan fingerprint density at radius 3 is 2.47 bits per heavy atom. The predicted molar refractivity (Wildman–Crippen MR) is 54.7 cm³/mol. The highest BCUT2D eigenvalue weighted by atomic mass is 32.3. The van der Waals surface area contributed by atoms with E-state index < -0.39 is 22.1 Å². The van der Waals surface area contributed by atoms with Gasteiger partial charge in [0.1, 0.15) is 5.75 Å². The highest BCUT2D eigenvalue weighted by Crippen LogP contribution is 2.60. The summed E-state index contributed by atoms with van der Waals surface area (Å²) in [6.07, 6.45) is 2.33. The first-order valence-electron chi connectivity index (χ1n) is 5.27. The molecule has 1 unspecified atom stereocenters. The van der Waals surface area contributed by atoms with Gasteiger partial charge < -0.3 is 4.74 Å². The van der Waals surface area contributed by atoms with Gasteiger partial charge in [0.05, 0.1) is 6.10 Å². The van der Waals surface area contributed by atoms with Crippen LogP contribution in [-0.4, -0.2) is 26.9 Å². The van der Waals surface area contributed by atoms with Crippen molar-refractivity contribution in [3.63, 3.8) is 0 Å². The molecule has 0 aromatic rings. The van der Waals surface area contributed by atoms with Crippen LogP contribution < -0.4 is 0 Å². The summed E-state index contributed by atoms with van der Waals surface area (Å²) in [5.41, 5.74) is 0.189. The predicted octanol–water partition coefficient (Wildman–Crippen LogP) is 1.88. The standard InChI is InChI=1S/C10H17FO3S/c1-9(2)6-10(7-9)3-4-14-8(10)5-15(11,12)13/h8H,3-7H2,1-2H3. The Kier molecular flexibility index (Phi) is 2.39. The van der Waals surface area contributed by atoms with Crippen molar-refractivity contribution in [1.29, 1.82) is 0 Å². The molecule has 1 spiro atoms. The Bertz CT molecular complexity index is 353. The van der Waals surface area contributed by atoms with Crippen molar-refractivity contribution < 1.29 is 17.0 Å². The zero-order valence-corrected chi connectivity index (χ0v) is 9.94. The van der Waals surface area contributed by atoms with Gasteiger partial charge in [-0.25, -0.2) is 0 Å². The van der Waals surface area contributed by atoms with E-state index in [-0.39, 0.29) is 10.8 Å². The van der Waals surface area contributed by atoms with Crippen molar-refractivity contribution in [2.45, 2.75) is 39.2 Å². The van der Waals surface area contributed by atoms with E-state index in [9.17, 15) is 12.3 Å². The zero-order valence-electron chi connectivity index (χ0n) is 9.12. The highest BCUT2D eigenvalue weighted by Gasteiger charge is 2.57. The third-order valence-electron chi connectivity index (χ3n) is 3.61. The molecule has 3 nitrogen and oxygen atoms in total. The quantitative estimate of drug-likeness (QED) is 0.688. The van der Waals surface area contributed by atoms with Crippen molar-refractivity contribution in [3.05, 3.63) is 0 Å². The van der Waals surface area contributed by atoms with E-state index in [1.54, 1.807) is 0 Å². The second-order valence-electron chi connectivity index (χ2n) is 5.70. The fourth-order valence-electron chi connectivity index (χ4n) is 3.41. The van der Waals surface area contributed by atoms with Gasteiger partial charge in [0, 0.05) is 12.0 Å². The molecule has 1 atom stereocenters. The minimum Gasteiger partial charge on any atom is -0.376 e. The first kappa shape index (κ1) is 11.3. The van der Waals surface area contributed by atoms with Gasteiger partial charge in [0.25, 0.3) is 0 Å². The van der Waals surface area contributed by atoms with Gasteiger partial charge in [0.2, 0.25) is 0 Å². The van der Waals surface area contributed by atoms with E-state index in [0.29, 0.717) is 6.61 Å². The van der Waals surface area contributed by atoms with Crippen LogP contribution in [-0.2, 0) is 15.0 Å². The third kappa shape index (κ3) is 2.18. The maximum absolute atomic E-state index is 12.6. The summed E-state index contributed by atoms with van der Waals surface area (Å²) in [5, 5.41) is 0. The fourth-order valence-corrected chi connectivity index (χ4v) is 4.22. The van der Waals surface area contributed by atoms with Gasteiger partial charge in [-0.1, -0.05) is 13.8 Å². The topological polar surface area (TPSA) is 43.4 Å². The highest BCUT2D eigenvalue weighted by molar-refractivity contribution is 7.86. The lowest BCUT2D eigenvalue weighted by Crippen LogP contribution is -2.50. The van der Waals surface area contributed by atoms with E-state index >= 15 is 0 Å². The molecule has 2 fully saturated rings. The maximum Gasteiger partial charge on any atom is 0.304 e. The normalized spacial score (nSPS) is 32.9. The van der Waals surface area contributed by atoms with Crippen LogP contribution in [0, 0.1) is 10.8 Å². The van der Waals surface area contributed by atoms with E-state index in [1.807, 2.05) is 0 Å². The molecule has 2 rings (SSSR count). The van der Waals surface area contributed by atoms with Gasteiger partial charge in [-0.2, -0.15) is 8.42 Å². The summed E-state index contributed by atoms with van der Waals surface area (Å²) in [6, 6.07) is 0. The lowest BCUT2D eigenvalue weighted by molar-refractivity contribution is -0.0612. The van der Waals surface area contributed by atoms with Crippen molar-refractivity contribution in [3.8, 4) is 0 Å². The number of halogens is 1. The zero-order chi connectivity index (χ0) is 11.3. The van der Waals surface area contributed by atoms with Crippen LogP contribution in [0.2, 0.25) is 0 Å². The summed E-state index contributed by atoms with van der Waals surface area (Å²) in [5.74, 6) is -0.469. The Hall–Kier alpha value is -0.160. The second kappa shape index (κ2) is 3.17. The van der Waals surface area contributed by atoms with Crippen molar-refractivity contribution >= 4 is 10.2 Å². The molecule has 0 amide bonds. The van der Waals surface area contributed by atoms with Crippen molar-refractivity contribution in [1.82, 2.24) is 0 Å². The largest absolute Gasteiger partial charge is 0.376 e. The minimum atomic E-state index is -4.42. The summed E-state index contributed by atoms with van der Waals surface area (Å²) < 4.78 is 39.2. The second-order valence-corrected chi connectivity index (χ2v) is 7.11. The molecule has 1 saturated heterocycles. The van der Waals surface area contributed by atoms with Gasteiger partial charge in [-0.05, 0) is 24.7 Å². The van der Waals surface area contributed by atoms with Crippen LogP contribution in [0.5, 0.6) is 0 Å². The molecule has 1 heterocycles. The van der Waals surface area contributed by atoms with Crippen LogP contribution in [0.15, 0.2) is 0 Å². The number of hydrogen-bond acceptors (Lipinski definition) is 3. The molecular weight excluding hydrogens is 219 g/mol. The van der Waals surface area contributed by atoms with E-state index in [1.165, 1.54) is 0 Å². The van der Waals surface area contributed by atoms with Crippen LogP contribution in [0.25, 0.3) is 0 Å². The molecule has 1 aliphatic heterocycles. The molecule has 0 bridgehead atoms. The number of hydrogen-bond donors (Lipinski definition) is 0. The summed E-state index contributed by atoms with van der Waals surface area (Å²) >= 11 is 0. The molecule has 0 aromatic carbocycles. The van der Waals surface area contributed by atoms with E-state index in [2.05, 4.69) is 13.8 Å². The molecule has 5 heteroatoms. The van der Waals surface area contributed by atoms with Gasteiger partial charge in [-0.15, -0.1) is 3.89 Å². The lowest BCUT2D eigenvalue weighted by Gasteiger charge is -2.53. The summed E-state index contributed by atoms with van der Waals surface area (Å²) in [7, 11) is -4.42. The first-order valence-corrected chi connectivity index (χ1v) is 6.82. The van der Waals surface area contributed by atoms with Gasteiger partial charge in [0.15, 0.2) is 0 Å². The summed E-state index contributed by atoms with van der Waals surface area (Å²) in [4.78, 5) is 0. The van der Waals surface area contributed by atoms with Crippen LogP contribution in [0.1, 0.15) is 33.1 Å². The average Bonchev–Trinajstić information content (AvgIpc) is 2.27. The van der Waals surface area contributed by atoms with E-state index in [0.717, 1.165) is 19.3 Å². The van der Waals surface area contributed by atoms with Gasteiger partial charge in [-0.3, -0.25) is 0 Å². The van der Waals surface area contributed by atoms with Crippen LogP contribution in [0.4, 0.5) is 3.89 Å². The molecule has 0 radical (unpaired) electrons. The molecule has 1 aliphatic carbocycles. The first-order chi connectivity index (χ1) is 6.73. The molecule has 15 heavy (non-hydrogen) atoms. The number of ether oxygens (including phenoxy) is 1. The van der Waals surface area contributed by atoms with Crippen LogP contribution >= 0.6 is 0 Å². The molecular formula is C10H17FO3S. The fraction of sp³-hybridized carbons (Fsp3) is 1.00. The molecule has 0 aromatic heterocycles. The average molecular weight is 236 g/mol. The maximum atomic E-state index is 12.6. The lowest BCUT2D eigenvalue weighted by atomic mass is 9.52. The smallest absolute Gasteiger partial charge is 0.304 e. The molecule has 2 aliphatic rings. The monoisotopic (exact) mass is 236 g/mol. The van der Waals surface area contributed by atoms with Crippen molar-refractivity contribution in [2.24, 2.45) is 10.8 Å².